The first-order chi connectivity index (χ1) is 25.4. The molecule has 2 aromatic rings. The van der Waals surface area contributed by atoms with Crippen LogP contribution in [-0.2, 0) is 36.8 Å². The monoisotopic (exact) mass is 739 g/mol. The van der Waals surface area contributed by atoms with Crippen LogP contribution in [0.5, 0.6) is 5.75 Å². The highest BCUT2D eigenvalue weighted by atomic mass is 16.3. The van der Waals surface area contributed by atoms with Crippen LogP contribution in [0.1, 0.15) is 129 Å². The van der Waals surface area contributed by atoms with E-state index in [1.165, 1.54) is 96.6 Å². The Labute approximate surface area is 316 Å². The van der Waals surface area contributed by atoms with Gasteiger partial charge >= 0.3 is 0 Å². The van der Waals surface area contributed by atoms with Crippen molar-refractivity contribution in [2.75, 3.05) is 7.05 Å². The van der Waals surface area contributed by atoms with Gasteiger partial charge in [0.05, 0.1) is 12.0 Å². The van der Waals surface area contributed by atoms with Crippen LogP contribution in [0.4, 0.5) is 0 Å². The summed E-state index contributed by atoms with van der Waals surface area (Å²) in [7, 11) is 1.46. The number of carbonyl (C=O) groups is 5. The van der Waals surface area contributed by atoms with Crippen LogP contribution in [0.25, 0.3) is 0 Å². The number of H-pyrrole nitrogens is 1. The topological polar surface area (TPSA) is 194 Å². The third-order valence-electron chi connectivity index (χ3n) is 9.38. The Morgan fingerprint density at radius 1 is 0.679 bits per heavy atom. The Morgan fingerprint density at radius 2 is 1.23 bits per heavy atom. The van der Waals surface area contributed by atoms with E-state index in [1.54, 1.807) is 18.3 Å². The molecule has 0 bridgehead atoms. The van der Waals surface area contributed by atoms with Crippen LogP contribution in [0.3, 0.4) is 0 Å². The first-order valence-electron chi connectivity index (χ1n) is 19.6. The SMILES string of the molecule is CCCCCCCCCCCCCCCC(=O)N[C@H](C(=O)N[C@@H](Cc1c[nH]cn1)C(=O)N[C@@H](C)C(=O)N[C@@H](Cc1ccc(O)cc1)C(=O)NC)C(C)C. The fourth-order valence-corrected chi connectivity index (χ4v) is 6.09. The lowest BCUT2D eigenvalue weighted by molar-refractivity contribution is -0.134. The van der Waals surface area contributed by atoms with Crippen LogP contribution in [-0.4, -0.2) is 75.8 Å². The molecule has 0 saturated heterocycles. The van der Waals surface area contributed by atoms with Crippen molar-refractivity contribution in [3.8, 4) is 5.75 Å². The van der Waals surface area contributed by atoms with E-state index in [2.05, 4.69) is 43.5 Å². The smallest absolute Gasteiger partial charge is 0.243 e. The van der Waals surface area contributed by atoms with E-state index < -0.39 is 47.8 Å². The van der Waals surface area contributed by atoms with Crippen molar-refractivity contribution in [1.29, 1.82) is 0 Å². The van der Waals surface area contributed by atoms with Gasteiger partial charge in [0.2, 0.25) is 29.5 Å². The molecule has 0 aliphatic heterocycles. The number of hydrogen-bond acceptors (Lipinski definition) is 7. The van der Waals surface area contributed by atoms with Crippen LogP contribution < -0.4 is 26.6 Å². The third kappa shape index (κ3) is 18.3. The third-order valence-corrected chi connectivity index (χ3v) is 9.38. The van der Waals surface area contributed by atoms with Gasteiger partial charge in [-0.25, -0.2) is 4.98 Å². The molecule has 0 aliphatic carbocycles. The zero-order valence-corrected chi connectivity index (χ0v) is 32.6. The zero-order valence-electron chi connectivity index (χ0n) is 32.6. The molecular formula is C40H65N7O6. The van der Waals surface area contributed by atoms with Crippen LogP contribution >= 0.6 is 0 Å². The quantitative estimate of drug-likeness (QED) is 0.0643. The van der Waals surface area contributed by atoms with Gasteiger partial charge in [-0.05, 0) is 37.0 Å². The first kappa shape index (κ1) is 44.7. The minimum Gasteiger partial charge on any atom is -0.508 e. The molecule has 4 atom stereocenters. The lowest BCUT2D eigenvalue weighted by Crippen LogP contribution is -2.58. The molecule has 53 heavy (non-hydrogen) atoms. The summed E-state index contributed by atoms with van der Waals surface area (Å²) in [4.78, 5) is 72.8. The number of phenols is 1. The summed E-state index contributed by atoms with van der Waals surface area (Å²) in [5.74, 6) is -2.55. The minimum absolute atomic E-state index is 0.0366. The molecule has 0 aliphatic rings. The highest BCUT2D eigenvalue weighted by molar-refractivity contribution is 5.95. The second-order valence-corrected chi connectivity index (χ2v) is 14.4. The maximum absolute atomic E-state index is 13.5. The first-order valence-corrected chi connectivity index (χ1v) is 19.6. The van der Waals surface area contributed by atoms with Gasteiger partial charge in [-0.2, -0.15) is 0 Å². The lowest BCUT2D eigenvalue weighted by atomic mass is 10.0. The highest BCUT2D eigenvalue weighted by Crippen LogP contribution is 2.14. The van der Waals surface area contributed by atoms with E-state index in [1.807, 2.05) is 13.8 Å². The molecule has 296 valence electrons. The van der Waals surface area contributed by atoms with E-state index in [4.69, 9.17) is 0 Å². The molecule has 5 amide bonds. The predicted octanol–water partition coefficient (Wildman–Crippen LogP) is 4.74. The van der Waals surface area contributed by atoms with Crippen molar-refractivity contribution < 1.29 is 29.1 Å². The van der Waals surface area contributed by atoms with Crippen LogP contribution in [0, 0.1) is 5.92 Å². The molecule has 0 spiro atoms. The molecule has 7 N–H and O–H groups in total. The predicted molar refractivity (Wildman–Crippen MR) is 207 cm³/mol. The van der Waals surface area contributed by atoms with Gasteiger partial charge in [-0.3, -0.25) is 24.0 Å². The second kappa shape index (κ2) is 25.5. The van der Waals surface area contributed by atoms with Crippen molar-refractivity contribution in [2.24, 2.45) is 5.92 Å². The molecule has 13 heteroatoms. The largest absolute Gasteiger partial charge is 0.508 e. The Balaban J connectivity index is 1.89. The van der Waals surface area contributed by atoms with Crippen molar-refractivity contribution in [2.45, 2.75) is 155 Å². The standard InChI is InChI=1S/C40H65N7O6/c1-6-7-8-9-10-11-12-13-14-15-16-17-18-19-35(49)47-36(28(2)3)40(53)46-34(25-31-26-42-27-43-31)39(52)44-29(4)37(50)45-33(38(51)41-5)24-30-20-22-32(48)23-21-30/h20-23,26-29,33-34,36,48H,6-19,24-25H2,1-5H3,(H,41,51)(H,42,43)(H,44,52)(H,45,50)(H,46,53)(H,47,49)/t29-,33-,34-,36-/m0/s1. The summed E-state index contributed by atoms with van der Waals surface area (Å²) in [6, 6.07) is 2.31. The van der Waals surface area contributed by atoms with Gasteiger partial charge in [0.15, 0.2) is 0 Å². The number of rotatable bonds is 27. The Morgan fingerprint density at radius 3 is 1.75 bits per heavy atom. The Kier molecular flexibility index (Phi) is 21.6. The van der Waals surface area contributed by atoms with Crippen LogP contribution in [0.15, 0.2) is 36.8 Å². The number of phenolic OH excluding ortho intramolecular Hbond substituents is 1. The average molecular weight is 740 g/mol. The summed E-state index contributed by atoms with van der Waals surface area (Å²) < 4.78 is 0. The number of benzene rings is 1. The molecular weight excluding hydrogens is 674 g/mol. The summed E-state index contributed by atoms with van der Waals surface area (Å²) in [5.41, 5.74) is 1.23. The number of imidazole rings is 1. The molecule has 1 aromatic heterocycles. The zero-order chi connectivity index (χ0) is 39.0. The van der Waals surface area contributed by atoms with E-state index in [9.17, 15) is 29.1 Å². The van der Waals surface area contributed by atoms with Gasteiger partial charge in [0.25, 0.3) is 0 Å². The van der Waals surface area contributed by atoms with Gasteiger partial charge in [-0.1, -0.05) is 110 Å². The van der Waals surface area contributed by atoms with E-state index in [0.29, 0.717) is 17.7 Å². The highest BCUT2D eigenvalue weighted by Gasteiger charge is 2.31. The fraction of sp³-hybridized carbons (Fsp3) is 0.650. The van der Waals surface area contributed by atoms with Gasteiger partial charge in [0.1, 0.15) is 29.9 Å². The number of nitrogens with one attached hydrogen (secondary N) is 6. The summed E-state index contributed by atoms with van der Waals surface area (Å²) in [6.45, 7) is 7.37. The van der Waals surface area contributed by atoms with E-state index >= 15 is 0 Å². The molecule has 1 heterocycles. The van der Waals surface area contributed by atoms with Crippen molar-refractivity contribution in [3.63, 3.8) is 0 Å². The molecule has 0 fully saturated rings. The minimum atomic E-state index is -1.10. The van der Waals surface area contributed by atoms with E-state index in [-0.39, 0.29) is 30.4 Å². The molecule has 0 unspecified atom stereocenters. The number of nitrogens with zero attached hydrogens (tertiary/aromatic N) is 1. The summed E-state index contributed by atoms with van der Waals surface area (Å²) in [5, 5.41) is 23.1. The average Bonchev–Trinajstić information content (AvgIpc) is 3.65. The summed E-state index contributed by atoms with van der Waals surface area (Å²) >= 11 is 0. The number of aromatic hydroxyl groups is 1. The molecule has 0 saturated carbocycles. The molecule has 2 rings (SSSR count). The number of unbranched alkanes of at least 4 members (excludes halogenated alkanes) is 12. The molecule has 13 nitrogen and oxygen atoms in total. The van der Waals surface area contributed by atoms with Crippen molar-refractivity contribution in [3.05, 3.63) is 48.0 Å². The Bertz CT molecular complexity index is 1370. The second-order valence-electron chi connectivity index (χ2n) is 14.4. The van der Waals surface area contributed by atoms with Crippen molar-refractivity contribution in [1.82, 2.24) is 36.6 Å². The number of carbonyl (C=O) groups excluding carboxylic acids is 5. The van der Waals surface area contributed by atoms with Gasteiger partial charge < -0.3 is 36.7 Å². The number of amides is 5. The van der Waals surface area contributed by atoms with Crippen LogP contribution in [0.2, 0.25) is 0 Å². The summed E-state index contributed by atoms with van der Waals surface area (Å²) in [6.07, 6.45) is 19.3. The fourth-order valence-electron chi connectivity index (χ4n) is 6.09. The number of aromatic nitrogens is 2. The maximum Gasteiger partial charge on any atom is 0.243 e. The Hall–Kier alpha value is -4.42. The number of likely N-dealkylation sites (N-methyl/N-ethyl adjacent to an activating group) is 1. The maximum atomic E-state index is 13.5. The number of aromatic amines is 1. The van der Waals surface area contributed by atoms with Gasteiger partial charge in [0, 0.05) is 32.5 Å². The van der Waals surface area contributed by atoms with Crippen molar-refractivity contribution >= 4 is 29.5 Å². The molecule has 0 radical (unpaired) electrons. The normalized spacial score (nSPS) is 13.4. The number of hydrogen-bond donors (Lipinski definition) is 7. The van der Waals surface area contributed by atoms with E-state index in [0.717, 1.165) is 19.3 Å². The van der Waals surface area contributed by atoms with Gasteiger partial charge in [-0.15, -0.1) is 0 Å². The lowest BCUT2D eigenvalue weighted by Gasteiger charge is -2.26. The molecule has 1 aromatic carbocycles.